The van der Waals surface area contributed by atoms with E-state index >= 15 is 0 Å². The highest BCUT2D eigenvalue weighted by Crippen LogP contribution is 2.12. The third-order valence-corrected chi connectivity index (χ3v) is 1.95. The van der Waals surface area contributed by atoms with Crippen LogP contribution in [0.1, 0.15) is 27.2 Å². The van der Waals surface area contributed by atoms with Crippen molar-refractivity contribution in [1.82, 2.24) is 10.6 Å². The van der Waals surface area contributed by atoms with Gasteiger partial charge in [-0.25, -0.2) is 0 Å². The molecule has 0 bridgehead atoms. The highest BCUT2D eigenvalue weighted by Gasteiger charge is 2.33. The molecule has 4 heteroatoms. The third kappa shape index (κ3) is 2.97. The predicted octanol–water partition coefficient (Wildman–Crippen LogP) is 0.235. The van der Waals surface area contributed by atoms with E-state index in [0.717, 1.165) is 6.42 Å². The Hall–Kier alpha value is -0.610. The number of hydrogen-bond acceptors (Lipinski definition) is 3. The fourth-order valence-electron chi connectivity index (χ4n) is 1.30. The van der Waals surface area contributed by atoms with Gasteiger partial charge in [-0.3, -0.25) is 10.1 Å². The molecule has 13 heavy (non-hydrogen) atoms. The summed E-state index contributed by atoms with van der Waals surface area (Å²) in [5, 5.41) is 5.90. The first-order valence-corrected chi connectivity index (χ1v) is 4.81. The minimum atomic E-state index is -0.0565. The number of ether oxygens (including phenoxy) is 1. The maximum Gasteiger partial charge on any atom is 0.237 e. The van der Waals surface area contributed by atoms with Crippen molar-refractivity contribution in [2.45, 2.75) is 45.5 Å². The number of carbonyl (C=O) groups is 1. The average Bonchev–Trinajstić information content (AvgIpc) is 1.93. The Bertz CT molecular complexity index is 176. The van der Waals surface area contributed by atoms with Gasteiger partial charge in [0, 0.05) is 19.1 Å². The van der Waals surface area contributed by atoms with Crippen molar-refractivity contribution >= 4 is 5.91 Å². The monoisotopic (exact) mass is 186 g/mol. The van der Waals surface area contributed by atoms with Crippen LogP contribution in [0.15, 0.2) is 0 Å². The van der Waals surface area contributed by atoms with Crippen LogP contribution in [0.3, 0.4) is 0 Å². The van der Waals surface area contributed by atoms with E-state index in [2.05, 4.69) is 10.6 Å². The molecule has 2 N–H and O–H groups in total. The second-order valence-corrected chi connectivity index (χ2v) is 3.56. The van der Waals surface area contributed by atoms with Crippen molar-refractivity contribution in [3.05, 3.63) is 0 Å². The molecule has 1 heterocycles. The molecule has 2 unspecified atom stereocenters. The van der Waals surface area contributed by atoms with Gasteiger partial charge in [0.1, 0.15) is 6.23 Å². The Morgan fingerprint density at radius 2 is 2.31 bits per heavy atom. The molecule has 1 fully saturated rings. The van der Waals surface area contributed by atoms with E-state index in [1.807, 2.05) is 20.8 Å². The van der Waals surface area contributed by atoms with Crippen molar-refractivity contribution in [2.24, 2.45) is 0 Å². The SMILES string of the molecule is CCOC1CC(C(=O)NC(C)C)N1. The Morgan fingerprint density at radius 1 is 1.69 bits per heavy atom. The fourth-order valence-corrected chi connectivity index (χ4v) is 1.30. The van der Waals surface area contributed by atoms with Gasteiger partial charge in [0.2, 0.25) is 5.91 Å². The second-order valence-electron chi connectivity index (χ2n) is 3.56. The lowest BCUT2D eigenvalue weighted by Crippen LogP contribution is -2.61. The molecular weight excluding hydrogens is 168 g/mol. The molecule has 0 saturated carbocycles. The highest BCUT2D eigenvalue weighted by atomic mass is 16.5. The third-order valence-electron chi connectivity index (χ3n) is 1.95. The molecule has 0 aromatic rings. The summed E-state index contributed by atoms with van der Waals surface area (Å²) in [6, 6.07) is 0.152. The van der Waals surface area contributed by atoms with Crippen LogP contribution in [-0.4, -0.2) is 30.8 Å². The fraction of sp³-hybridized carbons (Fsp3) is 0.889. The maximum atomic E-state index is 11.4. The number of carbonyl (C=O) groups excluding carboxylic acids is 1. The summed E-state index contributed by atoms with van der Waals surface area (Å²) in [4.78, 5) is 11.4. The van der Waals surface area contributed by atoms with Gasteiger partial charge in [-0.1, -0.05) is 0 Å². The quantitative estimate of drug-likeness (QED) is 0.661. The van der Waals surface area contributed by atoms with Crippen LogP contribution in [0.5, 0.6) is 0 Å². The van der Waals surface area contributed by atoms with Gasteiger partial charge >= 0.3 is 0 Å². The number of nitrogens with one attached hydrogen (secondary N) is 2. The van der Waals surface area contributed by atoms with Crippen LogP contribution in [0.4, 0.5) is 0 Å². The average molecular weight is 186 g/mol. The van der Waals surface area contributed by atoms with Gasteiger partial charge in [0.15, 0.2) is 0 Å². The van der Waals surface area contributed by atoms with Gasteiger partial charge in [0.05, 0.1) is 6.04 Å². The first-order chi connectivity index (χ1) is 6.13. The molecule has 1 aliphatic rings. The lowest BCUT2D eigenvalue weighted by Gasteiger charge is -2.35. The zero-order chi connectivity index (χ0) is 9.84. The zero-order valence-electron chi connectivity index (χ0n) is 8.46. The zero-order valence-corrected chi connectivity index (χ0v) is 8.46. The number of hydrogen-bond donors (Lipinski definition) is 2. The molecule has 76 valence electrons. The van der Waals surface area contributed by atoms with Gasteiger partial charge in [-0.05, 0) is 20.8 Å². The largest absolute Gasteiger partial charge is 0.364 e. The van der Waals surface area contributed by atoms with E-state index in [0.29, 0.717) is 6.61 Å². The van der Waals surface area contributed by atoms with Gasteiger partial charge in [-0.15, -0.1) is 0 Å². The molecule has 1 amide bonds. The molecule has 1 rings (SSSR count). The molecule has 0 aliphatic carbocycles. The van der Waals surface area contributed by atoms with E-state index in [-0.39, 0.29) is 24.2 Å². The van der Waals surface area contributed by atoms with E-state index in [4.69, 9.17) is 4.74 Å². The van der Waals surface area contributed by atoms with Gasteiger partial charge < -0.3 is 10.1 Å². The van der Waals surface area contributed by atoms with Crippen molar-refractivity contribution in [3.63, 3.8) is 0 Å². The Morgan fingerprint density at radius 3 is 2.77 bits per heavy atom. The van der Waals surface area contributed by atoms with E-state index in [1.165, 1.54) is 0 Å². The first-order valence-electron chi connectivity index (χ1n) is 4.81. The standard InChI is InChI=1S/C9H18N2O2/c1-4-13-8-5-7(11-8)9(12)10-6(2)3/h6-8,11H,4-5H2,1-3H3,(H,10,12). The Balaban J connectivity index is 2.15. The molecule has 0 radical (unpaired) electrons. The summed E-state index contributed by atoms with van der Waals surface area (Å²) in [5.74, 6) is 0.0750. The smallest absolute Gasteiger partial charge is 0.237 e. The summed E-state index contributed by atoms with van der Waals surface area (Å²) in [7, 11) is 0. The van der Waals surface area contributed by atoms with Gasteiger partial charge in [0.25, 0.3) is 0 Å². The molecule has 1 saturated heterocycles. The van der Waals surface area contributed by atoms with E-state index in [9.17, 15) is 4.79 Å². The van der Waals surface area contributed by atoms with Crippen molar-refractivity contribution < 1.29 is 9.53 Å². The maximum absolute atomic E-state index is 11.4. The van der Waals surface area contributed by atoms with Crippen LogP contribution in [0.25, 0.3) is 0 Å². The van der Waals surface area contributed by atoms with Crippen LogP contribution < -0.4 is 10.6 Å². The van der Waals surface area contributed by atoms with E-state index in [1.54, 1.807) is 0 Å². The summed E-state index contributed by atoms with van der Waals surface area (Å²) in [6.07, 6.45) is 0.861. The van der Waals surface area contributed by atoms with Gasteiger partial charge in [-0.2, -0.15) is 0 Å². The van der Waals surface area contributed by atoms with Crippen LogP contribution in [0, 0.1) is 0 Å². The molecule has 0 spiro atoms. The van der Waals surface area contributed by atoms with Crippen molar-refractivity contribution in [2.75, 3.05) is 6.61 Å². The van der Waals surface area contributed by atoms with Crippen LogP contribution in [0.2, 0.25) is 0 Å². The van der Waals surface area contributed by atoms with Crippen molar-refractivity contribution in [1.29, 1.82) is 0 Å². The highest BCUT2D eigenvalue weighted by molar-refractivity contribution is 5.82. The lowest BCUT2D eigenvalue weighted by molar-refractivity contribution is -0.132. The van der Waals surface area contributed by atoms with E-state index < -0.39 is 0 Å². The molecule has 0 aromatic carbocycles. The summed E-state index contributed by atoms with van der Waals surface area (Å²) in [5.41, 5.74) is 0. The number of rotatable bonds is 4. The number of amides is 1. The lowest BCUT2D eigenvalue weighted by atomic mass is 10.0. The Labute approximate surface area is 79.0 Å². The molecular formula is C9H18N2O2. The first kappa shape index (κ1) is 10.5. The summed E-state index contributed by atoms with van der Waals surface area (Å²) < 4.78 is 5.27. The second kappa shape index (κ2) is 4.58. The molecule has 2 atom stereocenters. The van der Waals surface area contributed by atoms with Crippen LogP contribution >= 0.6 is 0 Å². The summed E-state index contributed by atoms with van der Waals surface area (Å²) in [6.45, 7) is 6.55. The predicted molar refractivity (Wildman–Crippen MR) is 50.2 cm³/mol. The van der Waals surface area contributed by atoms with Crippen molar-refractivity contribution in [3.8, 4) is 0 Å². The minimum Gasteiger partial charge on any atom is -0.364 e. The molecule has 0 aromatic heterocycles. The summed E-state index contributed by atoms with van der Waals surface area (Å²) >= 11 is 0. The van der Waals surface area contributed by atoms with Crippen LogP contribution in [-0.2, 0) is 9.53 Å². The normalized spacial score (nSPS) is 27.1. The Kier molecular flexibility index (Phi) is 3.69. The minimum absolute atomic E-state index is 0.0565. The molecule has 4 nitrogen and oxygen atoms in total. The topological polar surface area (TPSA) is 50.4 Å². The molecule has 1 aliphatic heterocycles.